The highest BCUT2D eigenvalue weighted by molar-refractivity contribution is 6.00. The van der Waals surface area contributed by atoms with Crippen molar-refractivity contribution in [2.24, 2.45) is 0 Å². The number of para-hydroxylation sites is 1. The van der Waals surface area contributed by atoms with E-state index in [2.05, 4.69) is 55.0 Å². The first-order valence-corrected chi connectivity index (χ1v) is 14.9. The van der Waals surface area contributed by atoms with Crippen LogP contribution >= 0.6 is 0 Å². The average molecular weight is 513 g/mol. The number of nitrogens with zero attached hydrogens (tertiary/aromatic N) is 5. The van der Waals surface area contributed by atoms with Crippen LogP contribution in [0.1, 0.15) is 81.1 Å². The lowest BCUT2D eigenvalue weighted by Crippen LogP contribution is -2.51. The van der Waals surface area contributed by atoms with Gasteiger partial charge in [0.1, 0.15) is 5.65 Å². The van der Waals surface area contributed by atoms with Crippen molar-refractivity contribution in [1.82, 2.24) is 19.4 Å². The van der Waals surface area contributed by atoms with Crippen LogP contribution in [0.4, 0.5) is 11.6 Å². The van der Waals surface area contributed by atoms with Gasteiger partial charge in [0.15, 0.2) is 5.78 Å². The van der Waals surface area contributed by atoms with Gasteiger partial charge in [-0.3, -0.25) is 9.69 Å². The lowest BCUT2D eigenvalue weighted by molar-refractivity contribution is 0.0852. The zero-order valence-corrected chi connectivity index (χ0v) is 22.4. The van der Waals surface area contributed by atoms with E-state index in [0.29, 0.717) is 18.5 Å². The van der Waals surface area contributed by atoms with Crippen LogP contribution in [0, 0.1) is 0 Å². The predicted octanol–water partition coefficient (Wildman–Crippen LogP) is 5.61. The Morgan fingerprint density at radius 2 is 1.66 bits per heavy atom. The fraction of sp³-hybridized carbons (Fsp3) is 0.581. The summed E-state index contributed by atoms with van der Waals surface area (Å²) in [6.45, 7) is 4.53. The number of ketones is 1. The Hall–Kier alpha value is -2.93. The van der Waals surface area contributed by atoms with Crippen molar-refractivity contribution in [3.8, 4) is 0 Å². The van der Waals surface area contributed by atoms with Crippen molar-refractivity contribution in [1.29, 1.82) is 0 Å². The largest absolute Gasteiger partial charge is 0.369 e. The van der Waals surface area contributed by atoms with Gasteiger partial charge in [-0.2, -0.15) is 4.98 Å². The number of Topliss-reactive ketones (excluding diaryl/α,β-unsaturated/α-hetero) is 1. The molecule has 200 valence electrons. The quantitative estimate of drug-likeness (QED) is 0.490. The summed E-state index contributed by atoms with van der Waals surface area (Å²) in [6.07, 6.45) is 14.4. The molecule has 2 saturated carbocycles. The van der Waals surface area contributed by atoms with E-state index in [4.69, 9.17) is 4.98 Å². The molecule has 2 aliphatic carbocycles. The number of hydrogen-bond acceptors (Lipinski definition) is 6. The molecule has 2 aliphatic heterocycles. The van der Waals surface area contributed by atoms with Gasteiger partial charge in [0.25, 0.3) is 0 Å². The summed E-state index contributed by atoms with van der Waals surface area (Å²) in [5, 5.41) is 4.68. The number of piperazine rings is 1. The summed E-state index contributed by atoms with van der Waals surface area (Å²) in [7, 11) is 0. The summed E-state index contributed by atoms with van der Waals surface area (Å²) in [5.41, 5.74) is 3.22. The van der Waals surface area contributed by atoms with Gasteiger partial charge in [0, 0.05) is 67.5 Å². The van der Waals surface area contributed by atoms with Gasteiger partial charge in [0.2, 0.25) is 5.95 Å². The molecule has 1 saturated heterocycles. The fourth-order valence-corrected chi connectivity index (χ4v) is 7.77. The Morgan fingerprint density at radius 3 is 2.42 bits per heavy atom. The monoisotopic (exact) mass is 512 g/mol. The average Bonchev–Trinajstić information content (AvgIpc) is 3.38. The van der Waals surface area contributed by atoms with Gasteiger partial charge >= 0.3 is 0 Å². The maximum absolute atomic E-state index is 12.8. The third kappa shape index (κ3) is 4.39. The molecule has 0 unspecified atom stereocenters. The van der Waals surface area contributed by atoms with E-state index >= 15 is 0 Å². The number of carbonyl (C=O) groups excluding carboxylic acids is 1. The van der Waals surface area contributed by atoms with Crippen molar-refractivity contribution in [2.75, 3.05) is 36.4 Å². The van der Waals surface area contributed by atoms with Crippen molar-refractivity contribution in [2.45, 2.75) is 88.3 Å². The molecule has 0 amide bonds. The third-order valence-corrected chi connectivity index (χ3v) is 9.88. The maximum atomic E-state index is 12.8. The molecule has 2 aromatic heterocycles. The number of fused-ring (bicyclic) bond motifs is 4. The molecule has 1 spiro atoms. The molecule has 1 N–H and O–H groups in total. The second-order valence-electron chi connectivity index (χ2n) is 12.1. The molecule has 0 bridgehead atoms. The highest BCUT2D eigenvalue weighted by Crippen LogP contribution is 2.45. The van der Waals surface area contributed by atoms with Crippen LogP contribution in [-0.4, -0.2) is 63.5 Å². The Morgan fingerprint density at radius 1 is 0.895 bits per heavy atom. The minimum absolute atomic E-state index is 0.0669. The number of carbonyl (C=O) groups is 1. The second-order valence-corrected chi connectivity index (χ2v) is 12.1. The Labute approximate surface area is 225 Å². The normalized spacial score (nSPS) is 26.0. The third-order valence-electron chi connectivity index (χ3n) is 9.88. The fourth-order valence-electron chi connectivity index (χ4n) is 7.77. The highest BCUT2D eigenvalue weighted by atomic mass is 16.1. The Bertz CT molecular complexity index is 1280. The molecule has 38 heavy (non-hydrogen) atoms. The van der Waals surface area contributed by atoms with E-state index < -0.39 is 0 Å². The molecule has 0 atom stereocenters. The summed E-state index contributed by atoms with van der Waals surface area (Å²) in [5.74, 6) is 0.985. The predicted molar refractivity (Wildman–Crippen MR) is 152 cm³/mol. The number of benzene rings is 1. The molecule has 4 aliphatic rings. The first-order valence-electron chi connectivity index (χ1n) is 14.9. The highest BCUT2D eigenvalue weighted by Gasteiger charge is 2.41. The molecule has 4 heterocycles. The summed E-state index contributed by atoms with van der Waals surface area (Å²) < 4.78 is 2.33. The molecule has 3 fully saturated rings. The molecular formula is C31H40N6O. The van der Waals surface area contributed by atoms with Crippen molar-refractivity contribution in [3.05, 3.63) is 48.3 Å². The molecule has 7 rings (SSSR count). The van der Waals surface area contributed by atoms with Crippen LogP contribution in [0.5, 0.6) is 0 Å². The first-order chi connectivity index (χ1) is 18.7. The molecule has 1 aromatic carbocycles. The SMILES string of the molecule is O=C1CCC2(CCCCC2)n2c1cc1cnc(NC3CCC(N4CCN(c5ccccc5)CC4)CC3)nc12. The van der Waals surface area contributed by atoms with Gasteiger partial charge < -0.3 is 14.8 Å². The summed E-state index contributed by atoms with van der Waals surface area (Å²) >= 11 is 0. The van der Waals surface area contributed by atoms with Crippen LogP contribution < -0.4 is 10.2 Å². The number of aromatic nitrogens is 3. The number of rotatable bonds is 4. The Balaban J connectivity index is 1.00. The van der Waals surface area contributed by atoms with Gasteiger partial charge in [-0.1, -0.05) is 37.5 Å². The molecular weight excluding hydrogens is 472 g/mol. The first kappa shape index (κ1) is 24.1. The van der Waals surface area contributed by atoms with E-state index in [-0.39, 0.29) is 11.3 Å². The zero-order chi connectivity index (χ0) is 25.5. The van der Waals surface area contributed by atoms with Crippen LogP contribution in [-0.2, 0) is 5.54 Å². The minimum atomic E-state index is 0.0669. The van der Waals surface area contributed by atoms with E-state index in [1.807, 2.05) is 12.3 Å². The second kappa shape index (κ2) is 9.99. The van der Waals surface area contributed by atoms with Crippen LogP contribution in [0.3, 0.4) is 0 Å². The van der Waals surface area contributed by atoms with E-state index in [0.717, 1.165) is 81.0 Å². The molecule has 0 radical (unpaired) electrons. The van der Waals surface area contributed by atoms with Crippen LogP contribution in [0.2, 0.25) is 0 Å². The zero-order valence-electron chi connectivity index (χ0n) is 22.4. The van der Waals surface area contributed by atoms with E-state index in [1.165, 1.54) is 37.8 Å². The maximum Gasteiger partial charge on any atom is 0.224 e. The summed E-state index contributed by atoms with van der Waals surface area (Å²) in [6, 6.07) is 14.0. The molecule has 3 aromatic rings. The van der Waals surface area contributed by atoms with Crippen molar-refractivity contribution >= 4 is 28.5 Å². The van der Waals surface area contributed by atoms with Gasteiger partial charge in [-0.25, -0.2) is 4.98 Å². The van der Waals surface area contributed by atoms with Gasteiger partial charge in [-0.05, 0) is 63.1 Å². The van der Waals surface area contributed by atoms with E-state index in [1.54, 1.807) is 0 Å². The standard InChI is InChI=1S/C31H40N6O/c38-28-13-16-31(14-5-2-6-15-31)37-27(28)21-23-22-32-30(34-29(23)37)33-24-9-11-26(12-10-24)36-19-17-35(18-20-36)25-7-3-1-4-8-25/h1,3-4,7-8,21-22,24,26H,2,5-6,9-20H2,(H,32,33,34). The smallest absolute Gasteiger partial charge is 0.224 e. The lowest BCUT2D eigenvalue weighted by atomic mass is 9.75. The van der Waals surface area contributed by atoms with Crippen LogP contribution in [0.25, 0.3) is 11.0 Å². The molecule has 7 nitrogen and oxygen atoms in total. The van der Waals surface area contributed by atoms with E-state index in [9.17, 15) is 4.79 Å². The Kier molecular flexibility index (Phi) is 6.35. The van der Waals surface area contributed by atoms with Crippen molar-refractivity contribution in [3.63, 3.8) is 0 Å². The lowest BCUT2D eigenvalue weighted by Gasteiger charge is -2.43. The number of nitrogens with one attached hydrogen (secondary N) is 1. The molecule has 7 heteroatoms. The van der Waals surface area contributed by atoms with Crippen LogP contribution in [0.15, 0.2) is 42.6 Å². The minimum Gasteiger partial charge on any atom is -0.369 e. The van der Waals surface area contributed by atoms with Gasteiger partial charge in [0.05, 0.1) is 5.69 Å². The van der Waals surface area contributed by atoms with Crippen molar-refractivity contribution < 1.29 is 4.79 Å². The topological polar surface area (TPSA) is 66.3 Å². The summed E-state index contributed by atoms with van der Waals surface area (Å²) in [4.78, 5) is 27.8. The van der Waals surface area contributed by atoms with Gasteiger partial charge in [-0.15, -0.1) is 0 Å². The number of hydrogen-bond donors (Lipinski definition) is 1. The number of anilines is 2.